The Morgan fingerprint density at radius 1 is 1.42 bits per heavy atom. The lowest BCUT2D eigenvalue weighted by atomic mass is 9.96. The molecule has 24 heavy (non-hydrogen) atoms. The summed E-state index contributed by atoms with van der Waals surface area (Å²) in [5.74, 6) is 1.63. The zero-order chi connectivity index (χ0) is 16.8. The SMILES string of the molecule is COc1ccc2c(c1)CC(C(=O)NCCCN1CCNCC1)CO2. The third-order valence-corrected chi connectivity index (χ3v) is 4.70. The number of methoxy groups -OCH3 is 1. The van der Waals surface area contributed by atoms with E-state index >= 15 is 0 Å². The Morgan fingerprint density at radius 3 is 3.04 bits per heavy atom. The number of amides is 1. The van der Waals surface area contributed by atoms with Gasteiger partial charge in [0.25, 0.3) is 0 Å². The van der Waals surface area contributed by atoms with Crippen LogP contribution in [0.15, 0.2) is 18.2 Å². The highest BCUT2D eigenvalue weighted by atomic mass is 16.5. The molecule has 3 rings (SSSR count). The van der Waals surface area contributed by atoms with Gasteiger partial charge in [0.05, 0.1) is 13.0 Å². The van der Waals surface area contributed by atoms with Gasteiger partial charge in [-0.2, -0.15) is 0 Å². The highest BCUT2D eigenvalue weighted by Gasteiger charge is 2.26. The molecule has 1 unspecified atom stereocenters. The predicted octanol–water partition coefficient (Wildman–Crippen LogP) is 0.658. The molecule has 0 spiro atoms. The van der Waals surface area contributed by atoms with Crippen LogP contribution in [0, 0.1) is 5.92 Å². The summed E-state index contributed by atoms with van der Waals surface area (Å²) < 4.78 is 11.0. The third kappa shape index (κ3) is 4.39. The number of hydrogen-bond donors (Lipinski definition) is 2. The van der Waals surface area contributed by atoms with Gasteiger partial charge in [-0.1, -0.05) is 0 Å². The van der Waals surface area contributed by atoms with Crippen molar-refractivity contribution < 1.29 is 14.3 Å². The number of carbonyl (C=O) groups excluding carboxylic acids is 1. The molecule has 6 nitrogen and oxygen atoms in total. The summed E-state index contributed by atoms with van der Waals surface area (Å²) in [7, 11) is 1.65. The van der Waals surface area contributed by atoms with Gasteiger partial charge in [-0.05, 0) is 43.1 Å². The van der Waals surface area contributed by atoms with Crippen molar-refractivity contribution in [3.8, 4) is 11.5 Å². The Bertz CT molecular complexity index is 558. The van der Waals surface area contributed by atoms with Crippen molar-refractivity contribution in [2.75, 3.05) is 53.0 Å². The molecule has 2 aliphatic rings. The molecule has 0 aromatic heterocycles. The van der Waals surface area contributed by atoms with Crippen LogP contribution in [0.25, 0.3) is 0 Å². The van der Waals surface area contributed by atoms with Crippen LogP contribution in [0.3, 0.4) is 0 Å². The molecule has 2 N–H and O–H groups in total. The zero-order valence-electron chi connectivity index (χ0n) is 14.3. The maximum atomic E-state index is 12.4. The normalized spacial score (nSPS) is 20.8. The quantitative estimate of drug-likeness (QED) is 0.749. The van der Waals surface area contributed by atoms with Gasteiger partial charge in [-0.3, -0.25) is 4.79 Å². The van der Waals surface area contributed by atoms with Gasteiger partial charge < -0.3 is 25.0 Å². The Hall–Kier alpha value is -1.79. The Balaban J connectivity index is 1.42. The maximum Gasteiger partial charge on any atom is 0.226 e. The molecule has 1 saturated heterocycles. The van der Waals surface area contributed by atoms with E-state index in [0.29, 0.717) is 13.0 Å². The predicted molar refractivity (Wildman–Crippen MR) is 92.6 cm³/mol. The second-order valence-electron chi connectivity index (χ2n) is 6.42. The first kappa shape index (κ1) is 17.0. The maximum absolute atomic E-state index is 12.4. The first-order valence-corrected chi connectivity index (χ1v) is 8.77. The summed E-state index contributed by atoms with van der Waals surface area (Å²) in [5, 5.41) is 6.41. The highest BCUT2D eigenvalue weighted by molar-refractivity contribution is 5.79. The number of carbonyl (C=O) groups is 1. The summed E-state index contributed by atoms with van der Waals surface area (Å²) in [6.07, 6.45) is 1.69. The van der Waals surface area contributed by atoms with Gasteiger partial charge in [0, 0.05) is 32.7 Å². The van der Waals surface area contributed by atoms with E-state index in [1.54, 1.807) is 7.11 Å². The molecule has 1 aromatic rings. The van der Waals surface area contributed by atoms with Gasteiger partial charge in [-0.15, -0.1) is 0 Å². The van der Waals surface area contributed by atoms with E-state index < -0.39 is 0 Å². The second kappa shape index (κ2) is 8.35. The minimum atomic E-state index is -0.121. The van der Waals surface area contributed by atoms with Gasteiger partial charge in [0.1, 0.15) is 18.1 Å². The molecule has 0 saturated carbocycles. The number of hydrogen-bond acceptors (Lipinski definition) is 5. The van der Waals surface area contributed by atoms with E-state index in [1.165, 1.54) is 0 Å². The molecule has 1 fully saturated rings. The van der Waals surface area contributed by atoms with Crippen LogP contribution in [-0.4, -0.2) is 63.8 Å². The largest absolute Gasteiger partial charge is 0.497 e. The fourth-order valence-electron chi connectivity index (χ4n) is 3.26. The van der Waals surface area contributed by atoms with Crippen molar-refractivity contribution in [2.45, 2.75) is 12.8 Å². The number of fused-ring (bicyclic) bond motifs is 1. The fraction of sp³-hybridized carbons (Fsp3) is 0.611. The fourth-order valence-corrected chi connectivity index (χ4v) is 3.26. The van der Waals surface area contributed by atoms with Crippen LogP contribution in [-0.2, 0) is 11.2 Å². The molecule has 0 radical (unpaired) electrons. The van der Waals surface area contributed by atoms with Crippen molar-refractivity contribution in [3.05, 3.63) is 23.8 Å². The number of nitrogens with zero attached hydrogens (tertiary/aromatic N) is 1. The van der Waals surface area contributed by atoms with Crippen molar-refractivity contribution in [1.82, 2.24) is 15.5 Å². The van der Waals surface area contributed by atoms with Gasteiger partial charge in [-0.25, -0.2) is 0 Å². The topological polar surface area (TPSA) is 62.8 Å². The molecule has 2 aliphatic heterocycles. The van der Waals surface area contributed by atoms with Crippen LogP contribution < -0.4 is 20.1 Å². The minimum Gasteiger partial charge on any atom is -0.497 e. The second-order valence-corrected chi connectivity index (χ2v) is 6.42. The Kier molecular flexibility index (Phi) is 5.93. The van der Waals surface area contributed by atoms with Crippen LogP contribution in [0.2, 0.25) is 0 Å². The highest BCUT2D eigenvalue weighted by Crippen LogP contribution is 2.30. The lowest BCUT2D eigenvalue weighted by Crippen LogP contribution is -2.44. The van der Waals surface area contributed by atoms with Crippen LogP contribution in [0.1, 0.15) is 12.0 Å². The molecule has 1 amide bonds. The van der Waals surface area contributed by atoms with Crippen molar-refractivity contribution in [3.63, 3.8) is 0 Å². The number of piperazine rings is 1. The molecule has 132 valence electrons. The van der Waals surface area contributed by atoms with E-state index in [1.807, 2.05) is 18.2 Å². The summed E-state index contributed by atoms with van der Waals surface area (Å²) >= 11 is 0. The summed E-state index contributed by atoms with van der Waals surface area (Å²) in [5.41, 5.74) is 1.04. The number of rotatable bonds is 6. The molecule has 0 aliphatic carbocycles. The standard InChI is InChI=1S/C18H27N3O3/c1-23-16-3-4-17-14(12-16)11-15(13-24-17)18(22)20-5-2-8-21-9-6-19-7-10-21/h3-4,12,15,19H,2,5-11,13H2,1H3,(H,20,22). The molecule has 1 atom stereocenters. The van der Waals surface area contributed by atoms with Gasteiger partial charge in [0.15, 0.2) is 0 Å². The van der Waals surface area contributed by atoms with Crippen molar-refractivity contribution in [1.29, 1.82) is 0 Å². The van der Waals surface area contributed by atoms with Crippen molar-refractivity contribution >= 4 is 5.91 Å². The van der Waals surface area contributed by atoms with E-state index in [-0.39, 0.29) is 11.8 Å². The minimum absolute atomic E-state index is 0.0868. The summed E-state index contributed by atoms with van der Waals surface area (Å²) in [4.78, 5) is 14.8. The number of ether oxygens (including phenoxy) is 2. The van der Waals surface area contributed by atoms with Gasteiger partial charge in [0.2, 0.25) is 5.91 Å². The summed E-state index contributed by atoms with van der Waals surface area (Å²) in [6, 6.07) is 5.75. The van der Waals surface area contributed by atoms with E-state index in [2.05, 4.69) is 15.5 Å². The zero-order valence-corrected chi connectivity index (χ0v) is 14.3. The molecular weight excluding hydrogens is 306 g/mol. The van der Waals surface area contributed by atoms with Gasteiger partial charge >= 0.3 is 0 Å². The third-order valence-electron chi connectivity index (χ3n) is 4.70. The molecule has 6 heteroatoms. The number of nitrogens with one attached hydrogen (secondary N) is 2. The molecular formula is C18H27N3O3. The summed E-state index contributed by atoms with van der Waals surface area (Å²) in [6.45, 7) is 6.55. The Labute approximate surface area is 143 Å². The molecule has 0 bridgehead atoms. The lowest BCUT2D eigenvalue weighted by molar-refractivity contribution is -0.126. The van der Waals surface area contributed by atoms with Crippen molar-refractivity contribution in [2.24, 2.45) is 5.92 Å². The van der Waals surface area contributed by atoms with E-state index in [9.17, 15) is 4.79 Å². The first-order chi connectivity index (χ1) is 11.8. The van der Waals surface area contributed by atoms with Crippen LogP contribution in [0.5, 0.6) is 11.5 Å². The number of benzene rings is 1. The smallest absolute Gasteiger partial charge is 0.226 e. The monoisotopic (exact) mass is 333 g/mol. The van der Waals surface area contributed by atoms with E-state index in [4.69, 9.17) is 9.47 Å². The molecule has 1 aromatic carbocycles. The Morgan fingerprint density at radius 2 is 2.25 bits per heavy atom. The lowest BCUT2D eigenvalue weighted by Gasteiger charge is -2.27. The van der Waals surface area contributed by atoms with Crippen LogP contribution >= 0.6 is 0 Å². The van der Waals surface area contributed by atoms with Crippen LogP contribution in [0.4, 0.5) is 0 Å². The van der Waals surface area contributed by atoms with E-state index in [0.717, 1.165) is 62.8 Å². The molecule has 2 heterocycles. The average molecular weight is 333 g/mol. The average Bonchev–Trinajstić information content (AvgIpc) is 2.65. The first-order valence-electron chi connectivity index (χ1n) is 8.77.